The number of carbonyl (C=O) groups excluding carboxylic acids is 1. The van der Waals surface area contributed by atoms with E-state index >= 15 is 0 Å². The summed E-state index contributed by atoms with van der Waals surface area (Å²) in [5.41, 5.74) is 0.508. The normalized spacial score (nSPS) is 10.3. The highest BCUT2D eigenvalue weighted by Crippen LogP contribution is 2.29. The second kappa shape index (κ2) is 7.42. The van der Waals surface area contributed by atoms with Crippen LogP contribution in [0.3, 0.4) is 0 Å². The molecule has 0 saturated carbocycles. The number of benzene rings is 1. The lowest BCUT2D eigenvalue weighted by Gasteiger charge is -2.08. The van der Waals surface area contributed by atoms with Crippen LogP contribution in [-0.4, -0.2) is 29.1 Å². The van der Waals surface area contributed by atoms with Crippen LogP contribution >= 0.6 is 27.7 Å². The largest absolute Gasteiger partial charge is 0.395 e. The summed E-state index contributed by atoms with van der Waals surface area (Å²) in [4.78, 5) is 17.2. The van der Waals surface area contributed by atoms with Crippen LogP contribution in [0.15, 0.2) is 57.0 Å². The molecule has 0 aliphatic heterocycles. The number of hydrogen-bond donors (Lipinski definition) is 2. The summed E-state index contributed by atoms with van der Waals surface area (Å²) in [6.45, 7) is 0.150. The average Bonchev–Trinajstić information content (AvgIpc) is 2.48. The predicted molar refractivity (Wildman–Crippen MR) is 81.9 cm³/mol. The monoisotopic (exact) mass is 352 g/mol. The van der Waals surface area contributed by atoms with Gasteiger partial charge in [-0.25, -0.2) is 4.98 Å². The molecular weight excluding hydrogens is 340 g/mol. The number of halogens is 1. The Hall–Kier alpha value is -1.37. The molecule has 0 atom stereocenters. The Balaban J connectivity index is 2.19. The van der Waals surface area contributed by atoms with Crippen molar-refractivity contribution in [3.05, 3.63) is 52.6 Å². The van der Waals surface area contributed by atoms with Crippen molar-refractivity contribution in [1.29, 1.82) is 0 Å². The molecule has 2 rings (SSSR count). The van der Waals surface area contributed by atoms with Gasteiger partial charge < -0.3 is 10.4 Å². The maximum absolute atomic E-state index is 12.0. The molecule has 0 unspecified atom stereocenters. The number of nitrogens with one attached hydrogen (secondary N) is 1. The van der Waals surface area contributed by atoms with Gasteiger partial charge in [-0.1, -0.05) is 27.7 Å². The first kappa shape index (κ1) is 15.0. The molecule has 2 N–H and O–H groups in total. The molecule has 2 aromatic rings. The van der Waals surface area contributed by atoms with Gasteiger partial charge in [-0.15, -0.1) is 0 Å². The summed E-state index contributed by atoms with van der Waals surface area (Å²) < 4.78 is 1.00. The first-order valence-corrected chi connectivity index (χ1v) is 7.59. The zero-order valence-electron chi connectivity index (χ0n) is 10.5. The molecular formula is C14H13BrN2O2S. The average molecular weight is 353 g/mol. The molecule has 0 radical (unpaired) electrons. The van der Waals surface area contributed by atoms with E-state index < -0.39 is 0 Å². The summed E-state index contributed by atoms with van der Waals surface area (Å²) in [7, 11) is 0. The van der Waals surface area contributed by atoms with Crippen molar-refractivity contribution in [2.24, 2.45) is 0 Å². The fraction of sp³-hybridized carbons (Fsp3) is 0.143. The molecule has 4 nitrogen and oxygen atoms in total. The highest BCUT2D eigenvalue weighted by atomic mass is 79.9. The molecule has 0 aliphatic rings. The van der Waals surface area contributed by atoms with Crippen molar-refractivity contribution >= 4 is 33.6 Å². The zero-order chi connectivity index (χ0) is 14.4. The molecule has 1 aromatic heterocycles. The minimum atomic E-state index is -0.230. The van der Waals surface area contributed by atoms with Crippen molar-refractivity contribution in [3.8, 4) is 0 Å². The second-order valence-corrected chi connectivity index (χ2v) is 5.87. The van der Waals surface area contributed by atoms with E-state index in [1.807, 2.05) is 24.3 Å². The third-order valence-corrected chi connectivity index (χ3v) is 4.00. The van der Waals surface area contributed by atoms with Crippen molar-refractivity contribution in [3.63, 3.8) is 0 Å². The Labute approximate surface area is 129 Å². The molecule has 1 heterocycles. The highest BCUT2D eigenvalue weighted by Gasteiger charge is 2.12. The van der Waals surface area contributed by atoms with Crippen LogP contribution in [0.4, 0.5) is 0 Å². The van der Waals surface area contributed by atoms with Crippen LogP contribution in [0.1, 0.15) is 10.4 Å². The number of carbonyl (C=O) groups is 1. The molecule has 1 amide bonds. The van der Waals surface area contributed by atoms with Gasteiger partial charge in [-0.05, 0) is 36.4 Å². The number of amides is 1. The van der Waals surface area contributed by atoms with E-state index in [4.69, 9.17) is 5.11 Å². The smallest absolute Gasteiger partial charge is 0.254 e. The highest BCUT2D eigenvalue weighted by molar-refractivity contribution is 9.10. The Morgan fingerprint density at radius 1 is 1.30 bits per heavy atom. The summed E-state index contributed by atoms with van der Waals surface area (Å²) in [6.07, 6.45) is 1.66. The number of aliphatic hydroxyl groups excluding tert-OH is 1. The van der Waals surface area contributed by atoms with Gasteiger partial charge in [0.25, 0.3) is 5.91 Å². The Morgan fingerprint density at radius 2 is 2.05 bits per heavy atom. The number of hydrogen-bond acceptors (Lipinski definition) is 4. The van der Waals surface area contributed by atoms with Crippen molar-refractivity contribution < 1.29 is 9.90 Å². The summed E-state index contributed by atoms with van der Waals surface area (Å²) in [5.74, 6) is -0.230. The van der Waals surface area contributed by atoms with Crippen molar-refractivity contribution in [2.45, 2.75) is 9.92 Å². The number of aliphatic hydroxyl groups is 1. The number of nitrogens with zero attached hydrogens (tertiary/aromatic N) is 1. The van der Waals surface area contributed by atoms with Gasteiger partial charge in [-0.2, -0.15) is 0 Å². The fourth-order valence-corrected chi connectivity index (χ4v) is 2.67. The number of pyridine rings is 1. The van der Waals surface area contributed by atoms with E-state index in [9.17, 15) is 4.79 Å². The SMILES string of the molecule is O=C(NCCO)c1cccnc1Sc1ccc(Br)cc1. The van der Waals surface area contributed by atoms with Gasteiger partial charge in [-0.3, -0.25) is 4.79 Å². The number of aromatic nitrogens is 1. The van der Waals surface area contributed by atoms with Crippen LogP contribution < -0.4 is 5.32 Å². The standard InChI is InChI=1S/C14H13BrN2O2S/c15-10-3-5-11(6-4-10)20-14-12(2-1-7-17-14)13(19)16-8-9-18/h1-7,18H,8-9H2,(H,16,19). The van der Waals surface area contributed by atoms with E-state index in [0.29, 0.717) is 10.6 Å². The molecule has 0 fully saturated rings. The minimum absolute atomic E-state index is 0.0822. The van der Waals surface area contributed by atoms with Crippen LogP contribution in [0.5, 0.6) is 0 Å². The Bertz CT molecular complexity index is 590. The van der Waals surface area contributed by atoms with Gasteiger partial charge in [0.05, 0.1) is 12.2 Å². The topological polar surface area (TPSA) is 62.2 Å². The lowest BCUT2D eigenvalue weighted by atomic mass is 10.2. The first-order valence-electron chi connectivity index (χ1n) is 5.98. The number of rotatable bonds is 5. The predicted octanol–water partition coefficient (Wildman–Crippen LogP) is 2.72. The Kier molecular flexibility index (Phi) is 5.58. The maximum Gasteiger partial charge on any atom is 0.254 e. The van der Waals surface area contributed by atoms with E-state index in [-0.39, 0.29) is 19.1 Å². The minimum Gasteiger partial charge on any atom is -0.395 e. The van der Waals surface area contributed by atoms with Crippen LogP contribution in [-0.2, 0) is 0 Å². The van der Waals surface area contributed by atoms with Crippen LogP contribution in [0, 0.1) is 0 Å². The summed E-state index contributed by atoms with van der Waals surface area (Å²) in [5, 5.41) is 12.0. The van der Waals surface area contributed by atoms with Gasteiger partial charge >= 0.3 is 0 Å². The molecule has 6 heteroatoms. The lowest BCUT2D eigenvalue weighted by molar-refractivity contribution is 0.0941. The van der Waals surface area contributed by atoms with Gasteiger partial charge in [0.1, 0.15) is 5.03 Å². The summed E-state index contributed by atoms with van der Waals surface area (Å²) >= 11 is 4.81. The summed E-state index contributed by atoms with van der Waals surface area (Å²) in [6, 6.07) is 11.2. The van der Waals surface area contributed by atoms with Crippen molar-refractivity contribution in [1.82, 2.24) is 10.3 Å². The maximum atomic E-state index is 12.0. The Morgan fingerprint density at radius 3 is 2.75 bits per heavy atom. The molecule has 20 heavy (non-hydrogen) atoms. The fourth-order valence-electron chi connectivity index (χ4n) is 1.52. The molecule has 0 spiro atoms. The zero-order valence-corrected chi connectivity index (χ0v) is 12.9. The van der Waals surface area contributed by atoms with E-state index in [1.165, 1.54) is 11.8 Å². The van der Waals surface area contributed by atoms with Crippen molar-refractivity contribution in [2.75, 3.05) is 13.2 Å². The molecule has 104 valence electrons. The lowest BCUT2D eigenvalue weighted by Crippen LogP contribution is -2.27. The van der Waals surface area contributed by atoms with E-state index in [1.54, 1.807) is 18.3 Å². The third kappa shape index (κ3) is 4.06. The molecule has 0 saturated heterocycles. The quantitative estimate of drug-likeness (QED) is 0.868. The van der Waals surface area contributed by atoms with Gasteiger partial charge in [0.2, 0.25) is 0 Å². The van der Waals surface area contributed by atoms with E-state index in [0.717, 1.165) is 9.37 Å². The molecule has 1 aromatic carbocycles. The third-order valence-electron chi connectivity index (χ3n) is 2.44. The second-order valence-electron chi connectivity index (χ2n) is 3.89. The van der Waals surface area contributed by atoms with Crippen LogP contribution in [0.2, 0.25) is 0 Å². The molecule has 0 aliphatic carbocycles. The van der Waals surface area contributed by atoms with Gasteiger partial charge in [0, 0.05) is 22.1 Å². The first-order chi connectivity index (χ1) is 9.70. The van der Waals surface area contributed by atoms with Gasteiger partial charge in [0.15, 0.2) is 0 Å². The molecule has 0 bridgehead atoms. The van der Waals surface area contributed by atoms with E-state index in [2.05, 4.69) is 26.2 Å². The van der Waals surface area contributed by atoms with Crippen LogP contribution in [0.25, 0.3) is 0 Å².